The van der Waals surface area contributed by atoms with Crippen LogP contribution in [0.5, 0.6) is 0 Å². The van der Waals surface area contributed by atoms with Crippen LogP contribution in [0.3, 0.4) is 0 Å². The largest absolute Gasteiger partial charge is 0.320 e. The van der Waals surface area contributed by atoms with Crippen molar-refractivity contribution in [1.82, 2.24) is 0 Å². The lowest BCUT2D eigenvalue weighted by molar-refractivity contribution is -0.557. The Hall–Kier alpha value is -3.24. The molecule has 0 amide bonds. The third kappa shape index (κ3) is 2.91. The zero-order valence-corrected chi connectivity index (χ0v) is 14.0. The second-order valence-corrected chi connectivity index (χ2v) is 5.86. The van der Waals surface area contributed by atoms with Gasteiger partial charge in [0.15, 0.2) is 11.6 Å². The number of carbonyl (C=O) groups excluding carboxylic acids is 2. The van der Waals surface area contributed by atoms with Crippen LogP contribution in [0.2, 0.25) is 0 Å². The molecule has 2 atom stereocenters. The van der Waals surface area contributed by atoms with Gasteiger partial charge in [0.1, 0.15) is 6.04 Å². The molecule has 0 fully saturated rings. The molecule has 26 heavy (non-hydrogen) atoms. The first-order valence-electron chi connectivity index (χ1n) is 7.43. The third-order valence-corrected chi connectivity index (χ3v) is 4.26. The van der Waals surface area contributed by atoms with Gasteiger partial charge in [-0.05, 0) is 37.1 Å². The molecular weight excluding hydrogens is 344 g/mol. The minimum absolute atomic E-state index is 0.100. The highest BCUT2D eigenvalue weighted by molar-refractivity contribution is 6.00. The van der Waals surface area contributed by atoms with Crippen molar-refractivity contribution in [2.75, 3.05) is 0 Å². The highest BCUT2D eigenvalue weighted by atomic mass is 16.6. The second-order valence-electron chi connectivity index (χ2n) is 5.86. The zero-order valence-electron chi connectivity index (χ0n) is 14.0. The van der Waals surface area contributed by atoms with Crippen LogP contribution in [0.15, 0.2) is 35.9 Å². The fourth-order valence-electron chi connectivity index (χ4n) is 2.86. The molecule has 1 aromatic rings. The van der Waals surface area contributed by atoms with E-state index in [1.165, 1.54) is 31.2 Å². The van der Waals surface area contributed by atoms with E-state index in [4.69, 9.17) is 11.5 Å². The summed E-state index contributed by atoms with van der Waals surface area (Å²) in [6, 6.07) is 2.32. The van der Waals surface area contributed by atoms with Crippen LogP contribution in [0.1, 0.15) is 29.8 Å². The monoisotopic (exact) mass is 360 g/mol. The number of nitro benzene ring substituents is 1. The molecule has 0 aromatic heterocycles. The Kier molecular flexibility index (Phi) is 4.83. The molecule has 0 aliphatic heterocycles. The summed E-state index contributed by atoms with van der Waals surface area (Å²) in [6.07, 6.45) is 2.55. The first-order valence-corrected chi connectivity index (χ1v) is 7.43. The standard InChI is InChI=1S/C16H16N4O6/c1-8(21)11-4-3-10(7-14(11)19(23)24)12-5-6-13(9(2)22)16(18,15(12)17)20(25)26/h3-7,15H,17-18H2,1-2H3. The number of nitrogens with two attached hydrogens (primary N) is 2. The maximum absolute atomic E-state index is 11.7. The molecule has 10 heteroatoms. The van der Waals surface area contributed by atoms with Gasteiger partial charge in [0.05, 0.1) is 16.1 Å². The van der Waals surface area contributed by atoms with Gasteiger partial charge >= 0.3 is 5.66 Å². The predicted molar refractivity (Wildman–Crippen MR) is 91.7 cm³/mol. The van der Waals surface area contributed by atoms with Gasteiger partial charge in [-0.3, -0.25) is 35.6 Å². The fourth-order valence-corrected chi connectivity index (χ4v) is 2.86. The first-order chi connectivity index (χ1) is 12.0. The number of hydrogen-bond acceptors (Lipinski definition) is 8. The smallest absolute Gasteiger partial charge is 0.316 e. The van der Waals surface area contributed by atoms with Crippen LogP contribution in [0.4, 0.5) is 5.69 Å². The van der Waals surface area contributed by atoms with Crippen molar-refractivity contribution in [2.45, 2.75) is 25.6 Å². The SMILES string of the molecule is CC(=O)C1=CC=C(c2ccc(C(C)=O)c([N+](=O)[O-])c2)C(N)C1(N)[N+](=O)[O-]. The van der Waals surface area contributed by atoms with Crippen LogP contribution in [-0.4, -0.2) is 33.1 Å². The lowest BCUT2D eigenvalue weighted by atomic mass is 9.79. The number of Topliss-reactive ketones (excluding diaryl/α,β-unsaturated/α-hetero) is 2. The fraction of sp³-hybridized carbons (Fsp3) is 0.250. The number of rotatable bonds is 5. The molecule has 0 heterocycles. The Balaban J connectivity index is 2.67. The Morgan fingerprint density at radius 1 is 1.12 bits per heavy atom. The van der Waals surface area contributed by atoms with Crippen LogP contribution in [0.25, 0.3) is 5.57 Å². The molecule has 1 aliphatic rings. The molecule has 1 aliphatic carbocycles. The number of nitro groups is 2. The number of nitrogens with zero attached hydrogens (tertiary/aromatic N) is 2. The van der Waals surface area contributed by atoms with Crippen LogP contribution >= 0.6 is 0 Å². The summed E-state index contributed by atoms with van der Waals surface area (Å²) in [5.41, 5.74) is 8.98. The van der Waals surface area contributed by atoms with E-state index in [0.29, 0.717) is 0 Å². The van der Waals surface area contributed by atoms with Gasteiger partial charge in [-0.1, -0.05) is 12.1 Å². The maximum Gasteiger partial charge on any atom is 0.320 e. The van der Waals surface area contributed by atoms with E-state index < -0.39 is 38.8 Å². The number of benzene rings is 1. The number of hydrogen-bond donors (Lipinski definition) is 2. The summed E-state index contributed by atoms with van der Waals surface area (Å²) >= 11 is 0. The molecule has 0 saturated heterocycles. The van der Waals surface area contributed by atoms with E-state index in [1.807, 2.05) is 0 Å². The summed E-state index contributed by atoms with van der Waals surface area (Å²) < 4.78 is 0. The molecule has 2 rings (SSSR count). The van der Waals surface area contributed by atoms with E-state index in [2.05, 4.69) is 0 Å². The van der Waals surface area contributed by atoms with E-state index in [-0.39, 0.29) is 22.3 Å². The van der Waals surface area contributed by atoms with Crippen LogP contribution in [0, 0.1) is 20.2 Å². The minimum Gasteiger partial charge on any atom is -0.316 e. The van der Waals surface area contributed by atoms with Gasteiger partial charge in [0, 0.05) is 11.0 Å². The van der Waals surface area contributed by atoms with E-state index in [1.54, 1.807) is 0 Å². The minimum atomic E-state index is -2.37. The third-order valence-electron chi connectivity index (χ3n) is 4.26. The molecule has 10 nitrogen and oxygen atoms in total. The average Bonchev–Trinajstić information content (AvgIpc) is 2.55. The Labute approximate surface area is 147 Å². The van der Waals surface area contributed by atoms with E-state index in [9.17, 15) is 29.8 Å². The molecule has 0 bridgehead atoms. The summed E-state index contributed by atoms with van der Waals surface area (Å²) in [5, 5.41) is 22.8. The Morgan fingerprint density at radius 3 is 2.19 bits per heavy atom. The van der Waals surface area contributed by atoms with Crippen molar-refractivity contribution in [3.8, 4) is 0 Å². The molecular formula is C16H16N4O6. The predicted octanol–water partition coefficient (Wildman–Crippen LogP) is 0.969. The number of ketones is 2. The Morgan fingerprint density at radius 2 is 1.73 bits per heavy atom. The van der Waals surface area contributed by atoms with E-state index in [0.717, 1.165) is 13.0 Å². The first kappa shape index (κ1) is 19.1. The van der Waals surface area contributed by atoms with Gasteiger partial charge in [0.25, 0.3) is 5.69 Å². The second kappa shape index (κ2) is 6.58. The number of allylic oxidation sites excluding steroid dienone is 2. The van der Waals surface area contributed by atoms with Crippen LogP contribution in [-0.2, 0) is 4.79 Å². The molecule has 1 aromatic carbocycles. The van der Waals surface area contributed by atoms with Gasteiger partial charge < -0.3 is 5.73 Å². The lowest BCUT2D eigenvalue weighted by Crippen LogP contribution is -2.64. The normalized spacial score (nSPS) is 22.2. The van der Waals surface area contributed by atoms with Gasteiger partial charge in [-0.25, -0.2) is 0 Å². The topological polar surface area (TPSA) is 172 Å². The summed E-state index contributed by atoms with van der Waals surface area (Å²) in [4.78, 5) is 44.4. The maximum atomic E-state index is 11.7. The van der Waals surface area contributed by atoms with Crippen LogP contribution < -0.4 is 11.5 Å². The van der Waals surface area contributed by atoms with Crippen molar-refractivity contribution in [3.63, 3.8) is 0 Å². The van der Waals surface area contributed by atoms with Crippen molar-refractivity contribution in [3.05, 3.63) is 67.3 Å². The van der Waals surface area contributed by atoms with Crippen molar-refractivity contribution >= 4 is 22.8 Å². The molecule has 4 N–H and O–H groups in total. The zero-order chi connectivity index (χ0) is 19.8. The van der Waals surface area contributed by atoms with Gasteiger partial charge in [0.2, 0.25) is 0 Å². The van der Waals surface area contributed by atoms with Crippen molar-refractivity contribution < 1.29 is 19.4 Å². The summed E-state index contributed by atoms with van der Waals surface area (Å²) in [7, 11) is 0. The van der Waals surface area contributed by atoms with Gasteiger partial charge in [-0.15, -0.1) is 0 Å². The highest BCUT2D eigenvalue weighted by Crippen LogP contribution is 2.35. The van der Waals surface area contributed by atoms with Gasteiger partial charge in [-0.2, -0.15) is 0 Å². The molecule has 0 saturated carbocycles. The van der Waals surface area contributed by atoms with Crippen molar-refractivity contribution in [1.29, 1.82) is 0 Å². The molecule has 0 radical (unpaired) electrons. The van der Waals surface area contributed by atoms with E-state index >= 15 is 0 Å². The lowest BCUT2D eigenvalue weighted by Gasteiger charge is -2.32. The summed E-state index contributed by atoms with van der Waals surface area (Å²) in [5.74, 6) is -1.10. The van der Waals surface area contributed by atoms with Crippen molar-refractivity contribution in [2.24, 2.45) is 11.5 Å². The highest BCUT2D eigenvalue weighted by Gasteiger charge is 2.53. The quantitative estimate of drug-likeness (QED) is 0.338. The average molecular weight is 360 g/mol. The summed E-state index contributed by atoms with van der Waals surface area (Å²) in [6.45, 7) is 2.32. The Bertz CT molecular complexity index is 904. The molecule has 136 valence electrons. The molecule has 2 unspecified atom stereocenters. The number of carbonyl (C=O) groups is 2. The molecule has 0 spiro atoms.